The van der Waals surface area contributed by atoms with Gasteiger partial charge in [0.1, 0.15) is 0 Å². The Kier molecular flexibility index (Phi) is 4.36. The minimum Gasteiger partial charge on any atom is -0.467 e. The molecule has 0 saturated heterocycles. The number of aliphatic hydroxyl groups is 1. The quantitative estimate of drug-likeness (QED) is 0.839. The van der Waals surface area contributed by atoms with Crippen LogP contribution in [0.3, 0.4) is 0 Å². The molecule has 2 unspecified atom stereocenters. The van der Waals surface area contributed by atoms with Crippen molar-refractivity contribution in [2.45, 2.75) is 19.1 Å². The maximum absolute atomic E-state index is 12.2. The van der Waals surface area contributed by atoms with Crippen molar-refractivity contribution in [1.82, 2.24) is 5.32 Å². The van der Waals surface area contributed by atoms with Gasteiger partial charge < -0.3 is 15.2 Å². The summed E-state index contributed by atoms with van der Waals surface area (Å²) in [6.07, 6.45) is -1.03. The van der Waals surface area contributed by atoms with Gasteiger partial charge in [0.2, 0.25) is 0 Å². The minimum atomic E-state index is -1.08. The zero-order chi connectivity index (χ0) is 14.7. The zero-order valence-electron chi connectivity index (χ0n) is 11.1. The average molecular weight is 293 g/mol. The van der Waals surface area contributed by atoms with E-state index >= 15 is 0 Å². The SMILES string of the molecule is COC(=O)C(NC(=O)c1csc2ccccc12)C(C)O. The number of fused-ring (bicyclic) bond motifs is 1. The lowest BCUT2D eigenvalue weighted by Gasteiger charge is -2.18. The largest absolute Gasteiger partial charge is 0.467 e. The molecule has 1 aromatic heterocycles. The Labute approximate surface area is 120 Å². The molecule has 1 amide bonds. The Balaban J connectivity index is 2.25. The fourth-order valence-corrected chi connectivity index (χ4v) is 2.82. The van der Waals surface area contributed by atoms with E-state index in [-0.39, 0.29) is 0 Å². The topological polar surface area (TPSA) is 75.6 Å². The Hall–Kier alpha value is -1.92. The first-order valence-corrected chi connectivity index (χ1v) is 6.95. The van der Waals surface area contributed by atoms with Gasteiger partial charge >= 0.3 is 5.97 Å². The number of ether oxygens (including phenoxy) is 1. The lowest BCUT2D eigenvalue weighted by molar-refractivity contribution is -0.145. The fraction of sp³-hybridized carbons (Fsp3) is 0.286. The summed E-state index contributed by atoms with van der Waals surface area (Å²) in [4.78, 5) is 23.8. The first kappa shape index (κ1) is 14.5. The smallest absolute Gasteiger partial charge is 0.331 e. The van der Waals surface area contributed by atoms with Crippen molar-refractivity contribution < 1.29 is 19.4 Å². The number of nitrogens with one attached hydrogen (secondary N) is 1. The van der Waals surface area contributed by atoms with E-state index < -0.39 is 24.0 Å². The second-order valence-corrected chi connectivity index (χ2v) is 5.27. The van der Waals surface area contributed by atoms with Crippen LogP contribution in [0, 0.1) is 0 Å². The molecule has 1 heterocycles. The summed E-state index contributed by atoms with van der Waals surface area (Å²) >= 11 is 1.45. The number of rotatable bonds is 4. The second kappa shape index (κ2) is 6.02. The van der Waals surface area contributed by atoms with Crippen LogP contribution in [0.25, 0.3) is 10.1 Å². The highest BCUT2D eigenvalue weighted by molar-refractivity contribution is 7.17. The molecule has 2 rings (SSSR count). The number of thiophene rings is 1. The van der Waals surface area contributed by atoms with Crippen molar-refractivity contribution >= 4 is 33.3 Å². The summed E-state index contributed by atoms with van der Waals surface area (Å²) in [6, 6.07) is 6.43. The molecule has 0 aliphatic carbocycles. The van der Waals surface area contributed by atoms with E-state index in [9.17, 15) is 14.7 Å². The van der Waals surface area contributed by atoms with Crippen molar-refractivity contribution in [1.29, 1.82) is 0 Å². The van der Waals surface area contributed by atoms with Crippen molar-refractivity contribution in [3.8, 4) is 0 Å². The van der Waals surface area contributed by atoms with E-state index in [1.807, 2.05) is 24.3 Å². The molecule has 2 atom stereocenters. The number of amides is 1. The van der Waals surface area contributed by atoms with Gasteiger partial charge in [-0.05, 0) is 13.0 Å². The molecule has 0 aliphatic heterocycles. The van der Waals surface area contributed by atoms with E-state index in [0.29, 0.717) is 5.56 Å². The van der Waals surface area contributed by atoms with Crippen molar-refractivity contribution in [3.63, 3.8) is 0 Å². The van der Waals surface area contributed by atoms with E-state index in [2.05, 4.69) is 10.1 Å². The summed E-state index contributed by atoms with van der Waals surface area (Å²) in [6.45, 7) is 1.42. The molecule has 0 spiro atoms. The maximum Gasteiger partial charge on any atom is 0.331 e. The average Bonchev–Trinajstić information content (AvgIpc) is 2.87. The number of esters is 1. The van der Waals surface area contributed by atoms with Gasteiger partial charge in [0.05, 0.1) is 18.8 Å². The monoisotopic (exact) mass is 293 g/mol. The zero-order valence-corrected chi connectivity index (χ0v) is 11.9. The molecule has 20 heavy (non-hydrogen) atoms. The van der Waals surface area contributed by atoms with Gasteiger partial charge in [-0.1, -0.05) is 18.2 Å². The Morgan fingerprint density at radius 3 is 2.70 bits per heavy atom. The van der Waals surface area contributed by atoms with Crippen LogP contribution < -0.4 is 5.32 Å². The van der Waals surface area contributed by atoms with Crippen molar-refractivity contribution in [2.24, 2.45) is 0 Å². The van der Waals surface area contributed by atoms with Crippen LogP contribution in [0.15, 0.2) is 29.6 Å². The van der Waals surface area contributed by atoms with Crippen LogP contribution in [-0.4, -0.2) is 36.2 Å². The molecule has 0 radical (unpaired) electrons. The van der Waals surface area contributed by atoms with Gasteiger partial charge in [-0.2, -0.15) is 0 Å². The van der Waals surface area contributed by atoms with E-state index in [1.54, 1.807) is 5.38 Å². The molecule has 6 heteroatoms. The highest BCUT2D eigenvalue weighted by atomic mass is 32.1. The number of methoxy groups -OCH3 is 1. The van der Waals surface area contributed by atoms with Crippen LogP contribution in [0.1, 0.15) is 17.3 Å². The molecule has 2 aromatic rings. The molecule has 5 nitrogen and oxygen atoms in total. The second-order valence-electron chi connectivity index (χ2n) is 4.36. The molecular formula is C14H15NO4S. The van der Waals surface area contributed by atoms with E-state index in [1.165, 1.54) is 25.4 Å². The maximum atomic E-state index is 12.2. The number of aliphatic hydroxyl groups excluding tert-OH is 1. The Morgan fingerprint density at radius 2 is 2.05 bits per heavy atom. The predicted octanol–water partition coefficient (Wildman–Crippen LogP) is 1.55. The third kappa shape index (κ3) is 2.81. The summed E-state index contributed by atoms with van der Waals surface area (Å²) in [5.74, 6) is -1.08. The summed E-state index contributed by atoms with van der Waals surface area (Å²) in [5, 5.41) is 14.6. The van der Waals surface area contributed by atoms with Crippen LogP contribution in [0.5, 0.6) is 0 Å². The normalized spacial score (nSPS) is 13.8. The number of carbonyl (C=O) groups excluding carboxylic acids is 2. The lowest BCUT2D eigenvalue weighted by atomic mass is 10.1. The molecule has 0 bridgehead atoms. The molecule has 106 valence electrons. The van der Waals surface area contributed by atoms with Crippen molar-refractivity contribution in [3.05, 3.63) is 35.2 Å². The number of hydrogen-bond donors (Lipinski definition) is 2. The van der Waals surface area contributed by atoms with Gasteiger partial charge in [0.25, 0.3) is 5.91 Å². The standard InChI is InChI=1S/C14H15NO4S/c1-8(16)12(14(18)19-2)15-13(17)10-7-20-11-6-4-3-5-9(10)11/h3-8,12,16H,1-2H3,(H,15,17). The fourth-order valence-electron chi connectivity index (χ4n) is 1.88. The van der Waals surface area contributed by atoms with Gasteiger partial charge in [-0.3, -0.25) is 4.79 Å². The lowest BCUT2D eigenvalue weighted by Crippen LogP contribution is -2.48. The molecule has 0 saturated carbocycles. The molecule has 0 fully saturated rings. The van der Waals surface area contributed by atoms with E-state index in [0.717, 1.165) is 10.1 Å². The Bertz CT molecular complexity index is 635. The van der Waals surface area contributed by atoms with Gasteiger partial charge in [-0.15, -0.1) is 11.3 Å². The minimum absolute atomic E-state index is 0.404. The van der Waals surface area contributed by atoms with Gasteiger partial charge in [0.15, 0.2) is 6.04 Å². The Morgan fingerprint density at radius 1 is 1.35 bits per heavy atom. The predicted molar refractivity (Wildman–Crippen MR) is 76.8 cm³/mol. The first-order chi connectivity index (χ1) is 9.54. The van der Waals surface area contributed by atoms with Crippen LogP contribution in [-0.2, 0) is 9.53 Å². The van der Waals surface area contributed by atoms with Gasteiger partial charge in [-0.25, -0.2) is 4.79 Å². The molecule has 0 aliphatic rings. The van der Waals surface area contributed by atoms with Crippen molar-refractivity contribution in [2.75, 3.05) is 7.11 Å². The summed E-state index contributed by atoms with van der Waals surface area (Å²) < 4.78 is 5.56. The van der Waals surface area contributed by atoms with Crippen LogP contribution in [0.2, 0.25) is 0 Å². The van der Waals surface area contributed by atoms with Crippen LogP contribution >= 0.6 is 11.3 Å². The highest BCUT2D eigenvalue weighted by Crippen LogP contribution is 2.25. The number of benzene rings is 1. The van der Waals surface area contributed by atoms with Gasteiger partial charge in [0, 0.05) is 15.5 Å². The third-order valence-electron chi connectivity index (χ3n) is 2.95. The molecular weight excluding hydrogens is 278 g/mol. The molecule has 2 N–H and O–H groups in total. The molecule has 1 aromatic carbocycles. The number of carbonyl (C=O) groups is 2. The third-order valence-corrected chi connectivity index (χ3v) is 3.91. The summed E-state index contributed by atoms with van der Waals surface area (Å²) in [7, 11) is 1.21. The first-order valence-electron chi connectivity index (χ1n) is 6.07. The van der Waals surface area contributed by atoms with Crippen LogP contribution in [0.4, 0.5) is 0 Å². The summed E-state index contributed by atoms with van der Waals surface area (Å²) in [5.41, 5.74) is 0.486. The number of hydrogen-bond acceptors (Lipinski definition) is 5. The highest BCUT2D eigenvalue weighted by Gasteiger charge is 2.27. The van der Waals surface area contributed by atoms with E-state index in [4.69, 9.17) is 0 Å².